The van der Waals surface area contributed by atoms with Gasteiger partial charge in [0.05, 0.1) is 36.3 Å². The second-order valence-corrected chi connectivity index (χ2v) is 5.72. The van der Waals surface area contributed by atoms with E-state index in [9.17, 15) is 4.79 Å². The summed E-state index contributed by atoms with van der Waals surface area (Å²) in [5, 5.41) is 3.20. The van der Waals surface area contributed by atoms with Crippen LogP contribution >= 0.6 is 11.3 Å². The first kappa shape index (κ1) is 15.2. The first-order valence-electron chi connectivity index (χ1n) is 6.73. The minimum atomic E-state index is -0.351. The van der Waals surface area contributed by atoms with Gasteiger partial charge in [0.15, 0.2) is 16.6 Å². The maximum atomic E-state index is 12.2. The van der Waals surface area contributed by atoms with Crippen LogP contribution in [0, 0.1) is 6.92 Å². The first-order valence-corrected chi connectivity index (χ1v) is 7.55. The summed E-state index contributed by atoms with van der Waals surface area (Å²) < 4.78 is 11.4. The van der Waals surface area contributed by atoms with Gasteiger partial charge in [-0.05, 0) is 6.92 Å². The number of aryl methyl sites for hydroxylation is 1. The Balaban J connectivity index is 1.88. The molecule has 1 amide bonds. The Morgan fingerprint density at radius 1 is 1.13 bits per heavy atom. The monoisotopic (exact) mass is 330 g/mol. The van der Waals surface area contributed by atoms with E-state index in [-0.39, 0.29) is 11.6 Å². The van der Waals surface area contributed by atoms with Crippen LogP contribution in [0.1, 0.15) is 16.2 Å². The smallest absolute Gasteiger partial charge is 0.277 e. The molecular weight excluding hydrogens is 316 g/mol. The van der Waals surface area contributed by atoms with Crippen molar-refractivity contribution in [3.63, 3.8) is 0 Å². The zero-order valence-corrected chi connectivity index (χ0v) is 13.6. The van der Waals surface area contributed by atoms with Gasteiger partial charge in [0.1, 0.15) is 5.69 Å². The van der Waals surface area contributed by atoms with Crippen LogP contribution in [0.25, 0.3) is 10.2 Å². The van der Waals surface area contributed by atoms with Gasteiger partial charge in [0.25, 0.3) is 5.91 Å². The molecule has 0 bridgehead atoms. The largest absolute Gasteiger partial charge is 0.493 e. The number of aromatic nitrogens is 3. The summed E-state index contributed by atoms with van der Waals surface area (Å²) in [6.07, 6.45) is 2.98. The maximum Gasteiger partial charge on any atom is 0.277 e. The normalized spacial score (nSPS) is 10.6. The standard InChI is InChI=1S/C15H14N4O3S/c1-8-6-17-10(7-16-8)14(20)19-15-18-9-4-11(21-2)12(22-3)5-13(9)23-15/h4-7H,1-3H3,(H,18,19,20). The Labute approximate surface area is 136 Å². The fraction of sp³-hybridized carbons (Fsp3) is 0.200. The average molecular weight is 330 g/mol. The number of rotatable bonds is 4. The summed E-state index contributed by atoms with van der Waals surface area (Å²) in [5.41, 5.74) is 1.71. The van der Waals surface area contributed by atoms with E-state index in [1.165, 1.54) is 17.5 Å². The summed E-state index contributed by atoms with van der Waals surface area (Å²) in [6.45, 7) is 1.81. The van der Waals surface area contributed by atoms with E-state index in [0.29, 0.717) is 16.6 Å². The molecule has 3 aromatic rings. The Morgan fingerprint density at radius 3 is 2.52 bits per heavy atom. The molecule has 0 unspecified atom stereocenters. The highest BCUT2D eigenvalue weighted by atomic mass is 32.1. The van der Waals surface area contributed by atoms with Gasteiger partial charge in [0, 0.05) is 18.3 Å². The summed E-state index contributed by atoms with van der Waals surface area (Å²) in [7, 11) is 3.14. The molecule has 0 aliphatic rings. The Morgan fingerprint density at radius 2 is 1.87 bits per heavy atom. The second kappa shape index (κ2) is 6.17. The van der Waals surface area contributed by atoms with Crippen LogP contribution in [0.5, 0.6) is 11.5 Å². The molecule has 0 atom stereocenters. The third kappa shape index (κ3) is 3.07. The summed E-state index contributed by atoms with van der Waals surface area (Å²) >= 11 is 1.35. The van der Waals surface area contributed by atoms with Crippen LogP contribution in [-0.2, 0) is 0 Å². The fourth-order valence-corrected chi connectivity index (χ4v) is 2.85. The number of anilines is 1. The van der Waals surface area contributed by atoms with Crippen molar-refractivity contribution in [1.29, 1.82) is 0 Å². The number of methoxy groups -OCH3 is 2. The minimum Gasteiger partial charge on any atom is -0.493 e. The van der Waals surface area contributed by atoms with E-state index in [4.69, 9.17) is 9.47 Å². The van der Waals surface area contributed by atoms with E-state index >= 15 is 0 Å². The highest BCUT2D eigenvalue weighted by molar-refractivity contribution is 7.22. The van der Waals surface area contributed by atoms with Crippen molar-refractivity contribution < 1.29 is 14.3 Å². The molecule has 3 rings (SSSR count). The van der Waals surface area contributed by atoms with Gasteiger partial charge in [-0.1, -0.05) is 11.3 Å². The van der Waals surface area contributed by atoms with Crippen LogP contribution in [0.4, 0.5) is 5.13 Å². The lowest BCUT2D eigenvalue weighted by Gasteiger charge is -2.05. The summed E-state index contributed by atoms with van der Waals surface area (Å²) in [4.78, 5) is 24.6. The lowest BCUT2D eigenvalue weighted by Crippen LogP contribution is -2.13. The van der Waals surface area contributed by atoms with Crippen molar-refractivity contribution in [2.75, 3.05) is 19.5 Å². The zero-order valence-electron chi connectivity index (χ0n) is 12.8. The van der Waals surface area contributed by atoms with Crippen molar-refractivity contribution in [2.24, 2.45) is 0 Å². The number of nitrogens with zero attached hydrogens (tertiary/aromatic N) is 3. The summed E-state index contributed by atoms with van der Waals surface area (Å²) in [5.74, 6) is 0.856. The molecular formula is C15H14N4O3S. The van der Waals surface area contributed by atoms with Gasteiger partial charge in [-0.15, -0.1) is 0 Å². The molecule has 1 aromatic carbocycles. The van der Waals surface area contributed by atoms with E-state index in [2.05, 4.69) is 20.3 Å². The van der Waals surface area contributed by atoms with E-state index in [1.807, 2.05) is 13.0 Å². The van der Waals surface area contributed by atoms with Gasteiger partial charge in [-0.25, -0.2) is 9.97 Å². The third-order valence-electron chi connectivity index (χ3n) is 3.13. The van der Waals surface area contributed by atoms with Crippen molar-refractivity contribution in [3.8, 4) is 11.5 Å². The summed E-state index contributed by atoms with van der Waals surface area (Å²) in [6, 6.07) is 3.60. The van der Waals surface area contributed by atoms with Crippen molar-refractivity contribution in [2.45, 2.75) is 6.92 Å². The number of benzene rings is 1. The third-order valence-corrected chi connectivity index (χ3v) is 4.06. The number of amides is 1. The fourth-order valence-electron chi connectivity index (χ4n) is 1.98. The molecule has 0 saturated heterocycles. The molecule has 0 spiro atoms. The van der Waals surface area contributed by atoms with Crippen molar-refractivity contribution >= 4 is 32.6 Å². The molecule has 118 valence electrons. The maximum absolute atomic E-state index is 12.2. The van der Waals surface area contributed by atoms with Crippen LogP contribution in [0.15, 0.2) is 24.5 Å². The van der Waals surface area contributed by atoms with Gasteiger partial charge in [-0.3, -0.25) is 15.1 Å². The Hall–Kier alpha value is -2.74. The number of thiazole rings is 1. The van der Waals surface area contributed by atoms with Gasteiger partial charge in [0.2, 0.25) is 0 Å². The molecule has 2 aromatic heterocycles. The van der Waals surface area contributed by atoms with E-state index in [1.54, 1.807) is 26.5 Å². The van der Waals surface area contributed by atoms with Crippen molar-refractivity contribution in [1.82, 2.24) is 15.0 Å². The first-order chi connectivity index (χ1) is 11.1. The Kier molecular flexibility index (Phi) is 4.07. The highest BCUT2D eigenvalue weighted by Gasteiger charge is 2.14. The molecule has 23 heavy (non-hydrogen) atoms. The topological polar surface area (TPSA) is 86.2 Å². The number of carbonyl (C=O) groups excluding carboxylic acids is 1. The molecule has 7 nitrogen and oxygen atoms in total. The highest BCUT2D eigenvalue weighted by Crippen LogP contribution is 2.36. The number of fused-ring (bicyclic) bond motifs is 1. The van der Waals surface area contributed by atoms with E-state index < -0.39 is 0 Å². The average Bonchev–Trinajstić information content (AvgIpc) is 2.94. The van der Waals surface area contributed by atoms with Crippen LogP contribution in [0.3, 0.4) is 0 Å². The molecule has 0 radical (unpaired) electrons. The molecule has 0 saturated carbocycles. The zero-order chi connectivity index (χ0) is 16.4. The second-order valence-electron chi connectivity index (χ2n) is 4.69. The van der Waals surface area contributed by atoms with Crippen LogP contribution in [0.2, 0.25) is 0 Å². The predicted octanol–water partition coefficient (Wildman–Crippen LogP) is 2.66. The number of nitrogens with one attached hydrogen (secondary N) is 1. The molecule has 0 fully saturated rings. The number of hydrogen-bond acceptors (Lipinski definition) is 7. The van der Waals surface area contributed by atoms with Crippen molar-refractivity contribution in [3.05, 3.63) is 35.9 Å². The van der Waals surface area contributed by atoms with Crippen LogP contribution < -0.4 is 14.8 Å². The number of carbonyl (C=O) groups is 1. The SMILES string of the molecule is COc1cc2nc(NC(=O)c3cnc(C)cn3)sc2cc1OC. The van der Waals surface area contributed by atoms with Crippen LogP contribution in [-0.4, -0.2) is 35.1 Å². The predicted molar refractivity (Wildman–Crippen MR) is 87.4 cm³/mol. The Bertz CT molecular complexity index is 820. The minimum absolute atomic E-state index is 0.241. The quantitative estimate of drug-likeness (QED) is 0.791. The molecule has 8 heteroatoms. The van der Waals surface area contributed by atoms with E-state index in [0.717, 1.165) is 15.9 Å². The number of ether oxygens (including phenoxy) is 2. The van der Waals surface area contributed by atoms with Gasteiger partial charge >= 0.3 is 0 Å². The molecule has 0 aliphatic heterocycles. The van der Waals surface area contributed by atoms with Gasteiger partial charge < -0.3 is 9.47 Å². The molecule has 1 N–H and O–H groups in total. The lowest BCUT2D eigenvalue weighted by molar-refractivity contribution is 0.102. The molecule has 2 heterocycles. The van der Waals surface area contributed by atoms with Gasteiger partial charge in [-0.2, -0.15) is 0 Å². The lowest BCUT2D eigenvalue weighted by atomic mass is 10.3. The molecule has 0 aliphatic carbocycles. The number of hydrogen-bond donors (Lipinski definition) is 1.